The molecule has 1 aromatic heterocycles. The van der Waals surface area contributed by atoms with Crippen molar-refractivity contribution in [2.45, 2.75) is 18.2 Å². The number of furan rings is 1. The molecule has 170 valence electrons. The van der Waals surface area contributed by atoms with Crippen molar-refractivity contribution < 1.29 is 18.7 Å². The zero-order valence-electron chi connectivity index (χ0n) is 18.5. The molecule has 1 atom stereocenters. The molecule has 1 aliphatic heterocycles. The van der Waals surface area contributed by atoms with Crippen molar-refractivity contribution in [3.8, 4) is 6.07 Å². The summed E-state index contributed by atoms with van der Waals surface area (Å²) >= 11 is -0.413. The number of rotatable bonds is 8. The number of nitriles is 1. The van der Waals surface area contributed by atoms with Gasteiger partial charge in [0.25, 0.3) is 0 Å². The van der Waals surface area contributed by atoms with E-state index in [4.69, 9.17) is 9.15 Å². The number of Topliss-reactive ketones (excluding diaryl/α,β-unsaturated/α-hetero) is 1. The van der Waals surface area contributed by atoms with Crippen LogP contribution in [0.25, 0.3) is 5.70 Å². The van der Waals surface area contributed by atoms with Crippen molar-refractivity contribution in [2.75, 3.05) is 6.61 Å². The minimum absolute atomic E-state index is 0.170. The molecular formula is C27H22N2O4Se. The Morgan fingerprint density at radius 2 is 1.76 bits per heavy atom. The molecule has 7 heteroatoms. The maximum atomic E-state index is 13.9. The molecule has 4 rings (SSSR count). The number of ether oxygens (including phenoxy) is 1. The van der Waals surface area contributed by atoms with Gasteiger partial charge in [-0.15, -0.1) is 0 Å². The number of ketones is 1. The summed E-state index contributed by atoms with van der Waals surface area (Å²) in [4.78, 5) is 25.9. The number of hydrogen-bond acceptors (Lipinski definition) is 6. The summed E-state index contributed by atoms with van der Waals surface area (Å²) in [6, 6.07) is 24.3. The van der Waals surface area contributed by atoms with Gasteiger partial charge in [-0.25, -0.2) is 0 Å². The van der Waals surface area contributed by atoms with E-state index in [1.54, 1.807) is 31.2 Å². The van der Waals surface area contributed by atoms with E-state index in [2.05, 4.69) is 11.4 Å². The molecule has 1 unspecified atom stereocenters. The molecule has 0 saturated carbocycles. The summed E-state index contributed by atoms with van der Waals surface area (Å²) in [5.74, 6) is -0.725. The Morgan fingerprint density at radius 3 is 2.38 bits per heavy atom. The SMILES string of the molecule is CCOC(=O)C[Se]C1=C(C#N)C(c2ccco2)C(C(=O)c2ccccc2)=C(c2ccccc2)N1. The van der Waals surface area contributed by atoms with Crippen molar-refractivity contribution in [3.63, 3.8) is 0 Å². The van der Waals surface area contributed by atoms with Gasteiger partial charge in [0.05, 0.1) is 0 Å². The molecule has 0 bridgehead atoms. The predicted octanol–water partition coefficient (Wildman–Crippen LogP) is 4.68. The number of carbonyl (C=O) groups is 2. The summed E-state index contributed by atoms with van der Waals surface area (Å²) in [5.41, 5.74) is 2.73. The second kappa shape index (κ2) is 10.8. The third-order valence-corrected chi connectivity index (χ3v) is 7.34. The molecule has 0 spiro atoms. The number of nitrogens with one attached hydrogen (secondary N) is 1. The second-order valence-electron chi connectivity index (χ2n) is 7.37. The molecule has 0 fully saturated rings. The van der Waals surface area contributed by atoms with Gasteiger partial charge in [0, 0.05) is 0 Å². The van der Waals surface area contributed by atoms with Crippen molar-refractivity contribution in [2.24, 2.45) is 0 Å². The molecule has 6 nitrogen and oxygen atoms in total. The summed E-state index contributed by atoms with van der Waals surface area (Å²) in [6.45, 7) is 2.06. The number of dihydropyridines is 1. The average molecular weight is 517 g/mol. The number of carbonyl (C=O) groups excluding carboxylic acids is 2. The van der Waals surface area contributed by atoms with Crippen LogP contribution < -0.4 is 5.32 Å². The summed E-state index contributed by atoms with van der Waals surface area (Å²) in [7, 11) is 0. The van der Waals surface area contributed by atoms with E-state index < -0.39 is 20.9 Å². The van der Waals surface area contributed by atoms with E-state index in [-0.39, 0.29) is 17.1 Å². The Kier molecular flexibility index (Phi) is 7.44. The Morgan fingerprint density at radius 1 is 1.06 bits per heavy atom. The summed E-state index contributed by atoms with van der Waals surface area (Å²) in [5, 5.41) is 13.7. The van der Waals surface area contributed by atoms with E-state index in [1.165, 1.54) is 6.26 Å². The summed E-state index contributed by atoms with van der Waals surface area (Å²) in [6.07, 6.45) is 1.53. The van der Waals surface area contributed by atoms with Crippen molar-refractivity contribution in [3.05, 3.63) is 112 Å². The van der Waals surface area contributed by atoms with Gasteiger partial charge in [-0.1, -0.05) is 0 Å². The van der Waals surface area contributed by atoms with Crippen LogP contribution >= 0.6 is 0 Å². The van der Waals surface area contributed by atoms with Crippen molar-refractivity contribution >= 4 is 32.4 Å². The number of benzene rings is 2. The third-order valence-electron chi connectivity index (χ3n) is 5.26. The first kappa shape index (κ1) is 23.3. The molecule has 0 aliphatic carbocycles. The fraction of sp³-hybridized carbons (Fsp3) is 0.148. The average Bonchev–Trinajstić information content (AvgIpc) is 3.42. The van der Waals surface area contributed by atoms with E-state index in [0.29, 0.717) is 39.4 Å². The van der Waals surface area contributed by atoms with Gasteiger partial charge >= 0.3 is 204 Å². The molecule has 1 aliphatic rings. The quantitative estimate of drug-likeness (QED) is 0.265. The predicted molar refractivity (Wildman–Crippen MR) is 129 cm³/mol. The number of hydrogen-bond donors (Lipinski definition) is 1. The summed E-state index contributed by atoms with van der Waals surface area (Å²) < 4.78 is 11.5. The number of esters is 1. The Bertz CT molecular complexity index is 1270. The Hall–Kier alpha value is -3.85. The van der Waals surface area contributed by atoms with Crippen molar-refractivity contribution in [1.29, 1.82) is 5.26 Å². The molecule has 0 radical (unpaired) electrons. The van der Waals surface area contributed by atoms with Gasteiger partial charge in [0.15, 0.2) is 0 Å². The van der Waals surface area contributed by atoms with Gasteiger partial charge in [0.2, 0.25) is 0 Å². The van der Waals surface area contributed by atoms with Crippen LogP contribution in [-0.4, -0.2) is 33.3 Å². The molecule has 2 aromatic carbocycles. The van der Waals surface area contributed by atoms with E-state index in [1.807, 2.05) is 48.5 Å². The van der Waals surface area contributed by atoms with Crippen molar-refractivity contribution in [1.82, 2.24) is 5.32 Å². The molecule has 0 saturated heterocycles. The first-order valence-corrected chi connectivity index (χ1v) is 12.8. The normalized spacial score (nSPS) is 15.5. The van der Waals surface area contributed by atoms with Gasteiger partial charge in [0.1, 0.15) is 0 Å². The van der Waals surface area contributed by atoms with Crippen LogP contribution in [0.1, 0.15) is 34.5 Å². The van der Waals surface area contributed by atoms with Crippen LogP contribution in [0.4, 0.5) is 0 Å². The van der Waals surface area contributed by atoms with Crippen LogP contribution in [0.5, 0.6) is 0 Å². The Labute approximate surface area is 204 Å². The van der Waals surface area contributed by atoms with E-state index in [0.717, 1.165) is 5.56 Å². The van der Waals surface area contributed by atoms with Crippen LogP contribution in [-0.2, 0) is 9.53 Å². The minimum atomic E-state index is -0.705. The first-order valence-electron chi connectivity index (χ1n) is 10.8. The number of nitrogens with zero attached hydrogens (tertiary/aromatic N) is 1. The number of allylic oxidation sites excluding steroid dienone is 2. The van der Waals surface area contributed by atoms with Gasteiger partial charge in [-0.2, -0.15) is 0 Å². The van der Waals surface area contributed by atoms with E-state index in [9.17, 15) is 14.9 Å². The monoisotopic (exact) mass is 518 g/mol. The van der Waals surface area contributed by atoms with Crippen LogP contribution in [0.15, 0.2) is 99.2 Å². The van der Waals surface area contributed by atoms with Crippen LogP contribution in [0.2, 0.25) is 5.32 Å². The van der Waals surface area contributed by atoms with Gasteiger partial charge in [-0.3, -0.25) is 0 Å². The molecule has 2 heterocycles. The molecule has 1 N–H and O–H groups in total. The zero-order valence-corrected chi connectivity index (χ0v) is 20.2. The molecule has 0 amide bonds. The van der Waals surface area contributed by atoms with Gasteiger partial charge < -0.3 is 0 Å². The molecule has 3 aromatic rings. The molecular weight excluding hydrogens is 495 g/mol. The third kappa shape index (κ3) is 4.89. The first-order chi connectivity index (χ1) is 16.6. The van der Waals surface area contributed by atoms with Crippen LogP contribution in [0.3, 0.4) is 0 Å². The second-order valence-corrected chi connectivity index (χ2v) is 9.44. The van der Waals surface area contributed by atoms with Gasteiger partial charge in [-0.05, 0) is 0 Å². The topological polar surface area (TPSA) is 92.3 Å². The maximum absolute atomic E-state index is 13.9. The molecule has 34 heavy (non-hydrogen) atoms. The fourth-order valence-electron chi connectivity index (χ4n) is 3.79. The van der Waals surface area contributed by atoms with E-state index >= 15 is 0 Å². The van der Waals surface area contributed by atoms with Crippen LogP contribution in [0, 0.1) is 11.3 Å². The fourth-order valence-corrected chi connectivity index (χ4v) is 5.55. The standard InChI is InChI=1S/C27H22N2O4Se/c1-2-32-22(30)17-34-27-20(16-28)23(21-14-9-15-33-21)24(26(31)19-12-7-4-8-13-19)25(29-27)18-10-5-3-6-11-18/h3-15,23,29H,2,17H2,1H3. The zero-order chi connectivity index (χ0) is 23.9. The Balaban J connectivity index is 1.89.